The van der Waals surface area contributed by atoms with Gasteiger partial charge in [0.15, 0.2) is 0 Å². The Bertz CT molecular complexity index is 370. The minimum atomic E-state index is -0.501. The molecule has 0 radical (unpaired) electrons. The highest BCUT2D eigenvalue weighted by Gasteiger charge is 2.31. The molecule has 0 saturated carbocycles. The molecule has 0 aromatic heterocycles. The first-order valence-corrected chi connectivity index (χ1v) is 6.78. The summed E-state index contributed by atoms with van der Waals surface area (Å²) in [5.74, 6) is -0.216. The predicted octanol–water partition coefficient (Wildman–Crippen LogP) is 4.29. The fourth-order valence-electron chi connectivity index (χ4n) is 1.90. The van der Waals surface area contributed by atoms with Gasteiger partial charge in [0.25, 0.3) is 0 Å². The molecule has 100 valence electrons. The van der Waals surface area contributed by atoms with Crippen LogP contribution in [0.1, 0.15) is 52.5 Å². The zero-order chi connectivity index (χ0) is 13.6. The Balaban J connectivity index is 2.92. The molecular weight excluding hydrogens is 224 g/mol. The number of carbonyl (C=O) groups excluding carboxylic acids is 1. The van der Waals surface area contributed by atoms with Crippen LogP contribution in [-0.2, 0) is 15.1 Å². The lowest BCUT2D eigenvalue weighted by Crippen LogP contribution is -2.31. The standard InChI is InChI=1S/C16H24O2/c1-5-6-12-16(4,18-15(17)13(2)3)14-10-8-7-9-11-14/h7-11,13H,5-6,12H2,1-4H3. The van der Waals surface area contributed by atoms with Crippen molar-refractivity contribution in [3.05, 3.63) is 35.9 Å². The lowest BCUT2D eigenvalue weighted by atomic mass is 9.90. The van der Waals surface area contributed by atoms with E-state index in [2.05, 4.69) is 6.92 Å². The van der Waals surface area contributed by atoms with Gasteiger partial charge in [0.1, 0.15) is 5.60 Å². The molecule has 1 atom stereocenters. The number of unbranched alkanes of at least 4 members (excludes halogenated alkanes) is 1. The lowest BCUT2D eigenvalue weighted by Gasteiger charge is -2.31. The zero-order valence-electron chi connectivity index (χ0n) is 11.9. The summed E-state index contributed by atoms with van der Waals surface area (Å²) in [5.41, 5.74) is 0.575. The number of ether oxygens (including phenoxy) is 1. The Morgan fingerprint density at radius 1 is 1.28 bits per heavy atom. The number of hydrogen-bond acceptors (Lipinski definition) is 2. The molecule has 1 rings (SSSR count). The molecule has 1 unspecified atom stereocenters. The van der Waals surface area contributed by atoms with E-state index >= 15 is 0 Å². The maximum atomic E-state index is 11.9. The molecular formula is C16H24O2. The average molecular weight is 248 g/mol. The molecule has 0 spiro atoms. The van der Waals surface area contributed by atoms with Gasteiger partial charge in [-0.2, -0.15) is 0 Å². The Kier molecular flexibility index (Phi) is 5.39. The highest BCUT2D eigenvalue weighted by Crippen LogP contribution is 2.31. The van der Waals surface area contributed by atoms with E-state index in [9.17, 15) is 4.79 Å². The molecule has 0 bridgehead atoms. The number of esters is 1. The first-order chi connectivity index (χ1) is 8.49. The molecule has 0 N–H and O–H groups in total. The smallest absolute Gasteiger partial charge is 0.309 e. The molecule has 0 aliphatic heterocycles. The van der Waals surface area contributed by atoms with Crippen LogP contribution >= 0.6 is 0 Å². The van der Waals surface area contributed by atoms with Crippen LogP contribution in [0.15, 0.2) is 30.3 Å². The summed E-state index contributed by atoms with van der Waals surface area (Å²) in [6.07, 6.45) is 3.02. The Morgan fingerprint density at radius 3 is 2.39 bits per heavy atom. The van der Waals surface area contributed by atoms with Crippen LogP contribution in [0.4, 0.5) is 0 Å². The topological polar surface area (TPSA) is 26.3 Å². The van der Waals surface area contributed by atoms with Gasteiger partial charge in [-0.1, -0.05) is 57.5 Å². The maximum absolute atomic E-state index is 11.9. The fraction of sp³-hybridized carbons (Fsp3) is 0.562. The molecule has 0 fully saturated rings. The van der Waals surface area contributed by atoms with Crippen LogP contribution in [0.2, 0.25) is 0 Å². The third-order valence-electron chi connectivity index (χ3n) is 3.19. The summed E-state index contributed by atoms with van der Waals surface area (Å²) >= 11 is 0. The van der Waals surface area contributed by atoms with Gasteiger partial charge in [-0.25, -0.2) is 0 Å². The first kappa shape index (κ1) is 14.7. The van der Waals surface area contributed by atoms with Gasteiger partial charge in [0.2, 0.25) is 0 Å². The van der Waals surface area contributed by atoms with Crippen LogP contribution in [0, 0.1) is 5.92 Å². The van der Waals surface area contributed by atoms with E-state index in [0.29, 0.717) is 0 Å². The van der Waals surface area contributed by atoms with Crippen molar-refractivity contribution in [1.82, 2.24) is 0 Å². The quantitative estimate of drug-likeness (QED) is 0.702. The molecule has 0 amide bonds. The van der Waals surface area contributed by atoms with Crippen LogP contribution in [0.5, 0.6) is 0 Å². The number of rotatable bonds is 6. The average Bonchev–Trinajstić information content (AvgIpc) is 2.37. The molecule has 0 saturated heterocycles. The third-order valence-corrected chi connectivity index (χ3v) is 3.19. The van der Waals surface area contributed by atoms with E-state index in [-0.39, 0.29) is 11.9 Å². The summed E-state index contributed by atoms with van der Waals surface area (Å²) in [4.78, 5) is 11.9. The highest BCUT2D eigenvalue weighted by molar-refractivity contribution is 5.72. The molecule has 0 aliphatic carbocycles. The van der Waals surface area contributed by atoms with Gasteiger partial charge >= 0.3 is 5.97 Å². The van der Waals surface area contributed by atoms with E-state index in [1.165, 1.54) is 0 Å². The number of hydrogen-bond donors (Lipinski definition) is 0. The number of benzene rings is 1. The van der Waals surface area contributed by atoms with Crippen LogP contribution in [0.3, 0.4) is 0 Å². The Morgan fingerprint density at radius 2 is 1.89 bits per heavy atom. The summed E-state index contributed by atoms with van der Waals surface area (Å²) < 4.78 is 5.75. The van der Waals surface area contributed by atoms with Crippen molar-refractivity contribution in [1.29, 1.82) is 0 Å². The third kappa shape index (κ3) is 3.86. The molecule has 1 aromatic rings. The monoisotopic (exact) mass is 248 g/mol. The Labute approximate surface area is 110 Å². The van der Waals surface area contributed by atoms with Crippen molar-refractivity contribution in [3.63, 3.8) is 0 Å². The minimum Gasteiger partial charge on any atom is -0.454 e. The van der Waals surface area contributed by atoms with Crippen molar-refractivity contribution < 1.29 is 9.53 Å². The van der Waals surface area contributed by atoms with Crippen molar-refractivity contribution in [2.75, 3.05) is 0 Å². The van der Waals surface area contributed by atoms with E-state index in [0.717, 1.165) is 24.8 Å². The van der Waals surface area contributed by atoms with Crippen LogP contribution in [0.25, 0.3) is 0 Å². The minimum absolute atomic E-state index is 0.0883. The van der Waals surface area contributed by atoms with Crippen molar-refractivity contribution in [2.24, 2.45) is 5.92 Å². The second-order valence-electron chi connectivity index (χ2n) is 5.28. The van der Waals surface area contributed by atoms with Gasteiger partial charge in [-0.15, -0.1) is 0 Å². The SMILES string of the molecule is CCCCC(C)(OC(=O)C(C)C)c1ccccc1. The van der Waals surface area contributed by atoms with Gasteiger partial charge in [0, 0.05) is 0 Å². The highest BCUT2D eigenvalue weighted by atomic mass is 16.6. The Hall–Kier alpha value is -1.31. The first-order valence-electron chi connectivity index (χ1n) is 6.78. The summed E-state index contributed by atoms with van der Waals surface area (Å²) in [5, 5.41) is 0. The van der Waals surface area contributed by atoms with Crippen molar-refractivity contribution in [3.8, 4) is 0 Å². The van der Waals surface area contributed by atoms with Crippen LogP contribution in [-0.4, -0.2) is 5.97 Å². The molecule has 18 heavy (non-hydrogen) atoms. The summed E-state index contributed by atoms with van der Waals surface area (Å²) in [6, 6.07) is 10.0. The van der Waals surface area contributed by atoms with E-state index < -0.39 is 5.60 Å². The second-order valence-corrected chi connectivity index (χ2v) is 5.28. The van der Waals surface area contributed by atoms with Gasteiger partial charge in [0.05, 0.1) is 5.92 Å². The van der Waals surface area contributed by atoms with Gasteiger partial charge in [-0.05, 0) is 25.3 Å². The normalized spacial score (nSPS) is 14.3. The van der Waals surface area contributed by atoms with Gasteiger partial charge in [-0.3, -0.25) is 4.79 Å². The maximum Gasteiger partial charge on any atom is 0.309 e. The second kappa shape index (κ2) is 6.58. The van der Waals surface area contributed by atoms with Crippen LogP contribution < -0.4 is 0 Å². The largest absolute Gasteiger partial charge is 0.454 e. The van der Waals surface area contributed by atoms with Crippen molar-refractivity contribution in [2.45, 2.75) is 52.6 Å². The van der Waals surface area contributed by atoms with Gasteiger partial charge < -0.3 is 4.74 Å². The molecule has 1 aromatic carbocycles. The van der Waals surface area contributed by atoms with E-state index in [4.69, 9.17) is 4.74 Å². The van der Waals surface area contributed by atoms with Crippen molar-refractivity contribution >= 4 is 5.97 Å². The molecule has 2 nitrogen and oxygen atoms in total. The van der Waals surface area contributed by atoms with E-state index in [1.54, 1.807) is 0 Å². The zero-order valence-corrected chi connectivity index (χ0v) is 11.9. The summed E-state index contributed by atoms with van der Waals surface area (Å²) in [6.45, 7) is 7.90. The lowest BCUT2D eigenvalue weighted by molar-refractivity contribution is -0.164. The van der Waals surface area contributed by atoms with E-state index in [1.807, 2.05) is 51.1 Å². The predicted molar refractivity (Wildman–Crippen MR) is 74.2 cm³/mol. The summed E-state index contributed by atoms with van der Waals surface area (Å²) in [7, 11) is 0. The molecule has 0 aliphatic rings. The molecule has 2 heteroatoms. The number of carbonyl (C=O) groups is 1. The molecule has 0 heterocycles. The fourth-order valence-corrected chi connectivity index (χ4v) is 1.90.